The Morgan fingerprint density at radius 1 is 1.00 bits per heavy atom. The van der Waals surface area contributed by atoms with Gasteiger partial charge in [0.2, 0.25) is 5.91 Å². The van der Waals surface area contributed by atoms with Crippen LogP contribution in [0.1, 0.15) is 48.4 Å². The number of aryl methyl sites for hydroxylation is 1. The molecule has 1 aliphatic carbocycles. The molecule has 0 radical (unpaired) electrons. The van der Waals surface area contributed by atoms with Crippen molar-refractivity contribution in [3.05, 3.63) is 71.3 Å². The highest BCUT2D eigenvalue weighted by Crippen LogP contribution is 2.29. The van der Waals surface area contributed by atoms with Gasteiger partial charge in [0, 0.05) is 5.92 Å². The highest BCUT2D eigenvalue weighted by atomic mass is 16.1. The monoisotopic (exact) mass is 293 g/mol. The number of rotatable bonds is 4. The van der Waals surface area contributed by atoms with Gasteiger partial charge in [-0.05, 0) is 36.5 Å². The minimum absolute atomic E-state index is 0.0597. The van der Waals surface area contributed by atoms with Gasteiger partial charge in [0.15, 0.2) is 0 Å². The van der Waals surface area contributed by atoms with E-state index in [2.05, 4.69) is 36.5 Å². The Morgan fingerprint density at radius 3 is 2.32 bits per heavy atom. The molecule has 0 saturated heterocycles. The molecule has 3 rings (SSSR count). The van der Waals surface area contributed by atoms with Gasteiger partial charge in [0.1, 0.15) is 0 Å². The van der Waals surface area contributed by atoms with Crippen molar-refractivity contribution < 1.29 is 4.79 Å². The fourth-order valence-electron chi connectivity index (χ4n) is 3.34. The number of benzene rings is 2. The van der Waals surface area contributed by atoms with Crippen molar-refractivity contribution >= 4 is 5.91 Å². The number of amides is 1. The second kappa shape index (κ2) is 6.78. The summed E-state index contributed by atoms with van der Waals surface area (Å²) in [5.74, 6) is 0.393. The van der Waals surface area contributed by atoms with Crippen LogP contribution in [0.2, 0.25) is 0 Å². The first-order chi connectivity index (χ1) is 10.8. The van der Waals surface area contributed by atoms with Crippen molar-refractivity contribution in [2.45, 2.75) is 38.6 Å². The van der Waals surface area contributed by atoms with Crippen LogP contribution in [0.5, 0.6) is 0 Å². The average Bonchev–Trinajstić information content (AvgIpc) is 3.09. The number of hydrogen-bond donors (Lipinski definition) is 1. The first-order valence-corrected chi connectivity index (χ1v) is 8.16. The molecular weight excluding hydrogens is 270 g/mol. The summed E-state index contributed by atoms with van der Waals surface area (Å²) in [7, 11) is 0. The summed E-state index contributed by atoms with van der Waals surface area (Å²) in [5.41, 5.74) is 3.53. The quantitative estimate of drug-likeness (QED) is 0.890. The second-order valence-electron chi connectivity index (χ2n) is 6.19. The molecule has 2 nitrogen and oxygen atoms in total. The molecule has 1 aliphatic rings. The van der Waals surface area contributed by atoms with Crippen LogP contribution in [-0.4, -0.2) is 5.91 Å². The number of hydrogen-bond acceptors (Lipinski definition) is 1. The lowest BCUT2D eigenvalue weighted by atomic mass is 9.94. The third-order valence-corrected chi connectivity index (χ3v) is 4.64. The van der Waals surface area contributed by atoms with Crippen molar-refractivity contribution in [1.29, 1.82) is 0 Å². The third kappa shape index (κ3) is 3.22. The molecule has 0 aliphatic heterocycles. The van der Waals surface area contributed by atoms with Gasteiger partial charge in [-0.3, -0.25) is 4.79 Å². The first kappa shape index (κ1) is 14.8. The summed E-state index contributed by atoms with van der Waals surface area (Å²) in [6, 6.07) is 18.5. The SMILES string of the molecule is Cc1ccccc1[C@@H](NC(=O)C1CCCC1)c1ccccc1. The molecule has 114 valence electrons. The van der Waals surface area contributed by atoms with Gasteiger partial charge >= 0.3 is 0 Å². The number of carbonyl (C=O) groups is 1. The van der Waals surface area contributed by atoms with Gasteiger partial charge in [-0.2, -0.15) is 0 Å². The summed E-state index contributed by atoms with van der Waals surface area (Å²) >= 11 is 0. The molecule has 22 heavy (non-hydrogen) atoms. The van der Waals surface area contributed by atoms with Crippen molar-refractivity contribution in [3.8, 4) is 0 Å². The van der Waals surface area contributed by atoms with Crippen molar-refractivity contribution in [2.24, 2.45) is 5.92 Å². The normalized spacial score (nSPS) is 16.4. The zero-order valence-corrected chi connectivity index (χ0v) is 13.1. The Bertz CT molecular complexity index is 629. The van der Waals surface area contributed by atoms with Gasteiger partial charge in [-0.25, -0.2) is 0 Å². The highest BCUT2D eigenvalue weighted by molar-refractivity contribution is 5.80. The number of carbonyl (C=O) groups excluding carboxylic acids is 1. The van der Waals surface area contributed by atoms with Crippen molar-refractivity contribution in [3.63, 3.8) is 0 Å². The molecule has 1 N–H and O–H groups in total. The topological polar surface area (TPSA) is 29.1 Å². The van der Waals surface area contributed by atoms with Gasteiger partial charge < -0.3 is 5.32 Å². The maximum atomic E-state index is 12.6. The van der Waals surface area contributed by atoms with E-state index in [0.29, 0.717) is 0 Å². The molecule has 0 bridgehead atoms. The lowest BCUT2D eigenvalue weighted by molar-refractivity contribution is -0.125. The fraction of sp³-hybridized carbons (Fsp3) is 0.350. The summed E-state index contributed by atoms with van der Waals surface area (Å²) < 4.78 is 0. The molecular formula is C20H23NO. The first-order valence-electron chi connectivity index (χ1n) is 8.16. The molecule has 1 atom stereocenters. The van der Waals surface area contributed by atoms with Gasteiger partial charge in [0.05, 0.1) is 6.04 Å². The predicted octanol–water partition coefficient (Wildman–Crippen LogP) is 4.39. The second-order valence-corrected chi connectivity index (χ2v) is 6.19. The number of nitrogens with one attached hydrogen (secondary N) is 1. The van der Waals surface area contributed by atoms with Gasteiger partial charge in [-0.1, -0.05) is 67.4 Å². The van der Waals surface area contributed by atoms with Crippen molar-refractivity contribution in [1.82, 2.24) is 5.32 Å². The van der Waals surface area contributed by atoms with Crippen LogP contribution in [-0.2, 0) is 4.79 Å². The molecule has 2 aromatic carbocycles. The Balaban J connectivity index is 1.90. The van der Waals surface area contributed by atoms with Crippen LogP contribution in [0.25, 0.3) is 0 Å². The van der Waals surface area contributed by atoms with Gasteiger partial charge in [0.25, 0.3) is 0 Å². The van der Waals surface area contributed by atoms with Crippen LogP contribution < -0.4 is 5.32 Å². The van der Waals surface area contributed by atoms with Crippen molar-refractivity contribution in [2.75, 3.05) is 0 Å². The van der Waals surface area contributed by atoms with Crippen LogP contribution in [0, 0.1) is 12.8 Å². The molecule has 0 unspecified atom stereocenters. The molecule has 0 aromatic heterocycles. The largest absolute Gasteiger partial charge is 0.345 e. The summed E-state index contributed by atoms with van der Waals surface area (Å²) in [6.45, 7) is 2.10. The Hall–Kier alpha value is -2.09. The molecule has 0 heterocycles. The third-order valence-electron chi connectivity index (χ3n) is 4.64. The lowest BCUT2D eigenvalue weighted by Gasteiger charge is -2.23. The molecule has 1 saturated carbocycles. The molecule has 1 fully saturated rings. The minimum atomic E-state index is -0.0597. The van der Waals surface area contributed by atoms with E-state index in [4.69, 9.17) is 0 Å². The smallest absolute Gasteiger partial charge is 0.223 e. The van der Waals surface area contributed by atoms with Crippen LogP contribution >= 0.6 is 0 Å². The molecule has 1 amide bonds. The Morgan fingerprint density at radius 2 is 1.64 bits per heavy atom. The summed E-state index contributed by atoms with van der Waals surface area (Å²) in [4.78, 5) is 12.6. The zero-order valence-electron chi connectivity index (χ0n) is 13.1. The van der Waals surface area contributed by atoms with Crippen LogP contribution in [0.15, 0.2) is 54.6 Å². The highest BCUT2D eigenvalue weighted by Gasteiger charge is 2.26. The van der Waals surface area contributed by atoms with E-state index in [1.54, 1.807) is 0 Å². The van der Waals surface area contributed by atoms with Gasteiger partial charge in [-0.15, -0.1) is 0 Å². The summed E-state index contributed by atoms with van der Waals surface area (Å²) in [6.07, 6.45) is 4.42. The van der Waals surface area contributed by atoms with Crippen LogP contribution in [0.4, 0.5) is 0 Å². The molecule has 2 aromatic rings. The van der Waals surface area contributed by atoms with E-state index in [9.17, 15) is 4.79 Å². The molecule has 2 heteroatoms. The molecule has 0 spiro atoms. The van der Waals surface area contributed by atoms with Crippen LogP contribution in [0.3, 0.4) is 0 Å². The van der Waals surface area contributed by atoms with E-state index in [-0.39, 0.29) is 17.9 Å². The minimum Gasteiger partial charge on any atom is -0.345 e. The average molecular weight is 293 g/mol. The standard InChI is InChI=1S/C20H23NO/c1-15-9-5-8-14-18(15)19(16-10-3-2-4-11-16)21-20(22)17-12-6-7-13-17/h2-5,8-11,14,17,19H,6-7,12-13H2,1H3,(H,21,22)/t19-/m0/s1. The zero-order chi connectivity index (χ0) is 15.4. The summed E-state index contributed by atoms with van der Waals surface area (Å²) in [5, 5.41) is 3.29. The van der Waals surface area contributed by atoms with E-state index in [0.717, 1.165) is 18.4 Å². The maximum Gasteiger partial charge on any atom is 0.223 e. The fourth-order valence-corrected chi connectivity index (χ4v) is 3.34. The predicted molar refractivity (Wildman–Crippen MR) is 89.6 cm³/mol. The van der Waals surface area contributed by atoms with E-state index < -0.39 is 0 Å². The Kier molecular flexibility index (Phi) is 4.57. The Labute approximate surface area is 132 Å². The van der Waals surface area contributed by atoms with E-state index >= 15 is 0 Å². The maximum absolute atomic E-state index is 12.6. The van der Waals surface area contributed by atoms with E-state index in [1.807, 2.05) is 30.3 Å². The lowest BCUT2D eigenvalue weighted by Crippen LogP contribution is -2.34. The van der Waals surface area contributed by atoms with E-state index in [1.165, 1.54) is 24.0 Å².